The van der Waals surface area contributed by atoms with Crippen molar-refractivity contribution in [1.29, 1.82) is 0 Å². The molecule has 2 unspecified atom stereocenters. The van der Waals surface area contributed by atoms with Gasteiger partial charge in [-0.05, 0) is 67.6 Å². The second kappa shape index (κ2) is 8.23. The second-order valence-electron chi connectivity index (χ2n) is 11.1. The normalized spacial score (nSPS) is 24.9. The average Bonchev–Trinajstić information content (AvgIpc) is 3.57. The quantitative estimate of drug-likeness (QED) is 0.566. The Morgan fingerprint density at radius 2 is 1.84 bits per heavy atom. The van der Waals surface area contributed by atoms with Crippen LogP contribution in [0.3, 0.4) is 0 Å². The molecule has 2 spiro atoms. The van der Waals surface area contributed by atoms with Crippen LogP contribution in [0, 0.1) is 0 Å². The van der Waals surface area contributed by atoms with E-state index in [-0.39, 0.29) is 30.3 Å². The van der Waals surface area contributed by atoms with Gasteiger partial charge < -0.3 is 15.5 Å². The number of amides is 3. The van der Waals surface area contributed by atoms with Gasteiger partial charge in [0.1, 0.15) is 17.9 Å². The Kier molecular flexibility index (Phi) is 5.00. The number of carbonyl (C=O) groups is 3. The number of nitrogens with zero attached hydrogens (tertiary/aromatic N) is 3. The van der Waals surface area contributed by atoms with Crippen molar-refractivity contribution < 1.29 is 14.4 Å². The van der Waals surface area contributed by atoms with E-state index in [9.17, 15) is 14.4 Å². The van der Waals surface area contributed by atoms with Crippen molar-refractivity contribution in [2.24, 2.45) is 0 Å². The number of rotatable bonds is 4. The highest BCUT2D eigenvalue weighted by molar-refractivity contribution is 6.06. The van der Waals surface area contributed by atoms with Gasteiger partial charge in [0.15, 0.2) is 0 Å². The first-order valence-corrected chi connectivity index (χ1v) is 13.2. The zero-order valence-corrected chi connectivity index (χ0v) is 21.2. The molecule has 4 aliphatic rings. The van der Waals surface area contributed by atoms with Gasteiger partial charge >= 0.3 is 0 Å². The third-order valence-electron chi connectivity index (χ3n) is 8.90. The number of piperazine rings is 1. The van der Waals surface area contributed by atoms with Crippen LogP contribution in [0.5, 0.6) is 0 Å². The maximum atomic E-state index is 13.6. The molecule has 8 nitrogen and oxygen atoms in total. The molecule has 0 bridgehead atoms. The Morgan fingerprint density at radius 3 is 2.63 bits per heavy atom. The molecule has 192 valence electrons. The van der Waals surface area contributed by atoms with Gasteiger partial charge in [-0.1, -0.05) is 42.5 Å². The molecule has 3 aromatic rings. The fraction of sp³-hybridized carbons (Fsp3) is 0.333. The molecular weight excluding hydrogens is 478 g/mol. The summed E-state index contributed by atoms with van der Waals surface area (Å²) in [6.07, 6.45) is 4.53. The van der Waals surface area contributed by atoms with E-state index in [2.05, 4.69) is 20.5 Å². The molecule has 38 heavy (non-hydrogen) atoms. The first kappa shape index (κ1) is 23.1. The van der Waals surface area contributed by atoms with Crippen molar-refractivity contribution in [3.05, 3.63) is 89.1 Å². The Hall–Kier alpha value is -4.04. The molecule has 2 N–H and O–H groups in total. The van der Waals surface area contributed by atoms with Crippen LogP contribution >= 0.6 is 0 Å². The number of likely N-dealkylation sites (N-methyl/N-ethyl adjacent to an activating group) is 1. The molecule has 2 fully saturated rings. The number of anilines is 2. The van der Waals surface area contributed by atoms with Gasteiger partial charge in [-0.15, -0.1) is 0 Å². The number of hydrogen-bond donors (Lipinski definition) is 2. The molecule has 0 radical (unpaired) electrons. The zero-order valence-electron chi connectivity index (χ0n) is 21.2. The summed E-state index contributed by atoms with van der Waals surface area (Å²) in [7, 11) is 2.01. The smallest absolute Gasteiger partial charge is 0.244 e. The Labute approximate surface area is 221 Å². The van der Waals surface area contributed by atoms with Crippen LogP contribution in [-0.2, 0) is 32.6 Å². The average molecular weight is 508 g/mol. The van der Waals surface area contributed by atoms with Crippen LogP contribution in [0.25, 0.3) is 0 Å². The van der Waals surface area contributed by atoms with E-state index >= 15 is 0 Å². The Balaban J connectivity index is 1.11. The SMILES string of the molecule is CN1CC(c2ccccc2)N(CC(=O)Nc2ccc3c(c2)CC2(C3)C(=O)Nc3ncccc32)C(=O)C12CC2. The predicted octanol–water partition coefficient (Wildman–Crippen LogP) is 3.06. The molecular formula is C30H29N5O3. The lowest BCUT2D eigenvalue weighted by atomic mass is 9.79. The van der Waals surface area contributed by atoms with Crippen molar-refractivity contribution in [2.45, 2.75) is 42.7 Å². The van der Waals surface area contributed by atoms with E-state index in [0.717, 1.165) is 35.1 Å². The minimum atomic E-state index is -0.651. The predicted molar refractivity (Wildman–Crippen MR) is 143 cm³/mol. The summed E-state index contributed by atoms with van der Waals surface area (Å²) in [5.74, 6) is 0.422. The highest BCUT2D eigenvalue weighted by atomic mass is 16.2. The minimum Gasteiger partial charge on any atom is -0.325 e. The van der Waals surface area contributed by atoms with Crippen LogP contribution < -0.4 is 10.6 Å². The zero-order chi connectivity index (χ0) is 26.1. The van der Waals surface area contributed by atoms with Crippen molar-refractivity contribution in [1.82, 2.24) is 14.8 Å². The molecule has 7 rings (SSSR count). The molecule has 8 heteroatoms. The minimum absolute atomic E-state index is 0.00351. The van der Waals surface area contributed by atoms with E-state index in [1.165, 1.54) is 0 Å². The molecule has 1 saturated carbocycles. The number of nitrogens with one attached hydrogen (secondary N) is 2. The fourth-order valence-corrected chi connectivity index (χ4v) is 6.66. The van der Waals surface area contributed by atoms with Crippen LogP contribution in [-0.4, -0.2) is 58.2 Å². The van der Waals surface area contributed by atoms with E-state index < -0.39 is 11.0 Å². The standard InChI is InChI=1S/C30H29N5O3/c1-34-17-24(19-6-3-2-4-7-19)35(28(38)30(34)11-12-30)18-25(36)32-22-10-9-20-15-29(16-21(20)14-22)23-8-5-13-31-26(23)33-27(29)37/h2-10,13-14,24H,11-12,15-18H2,1H3,(H,32,36)(H,31,33,37). The van der Waals surface area contributed by atoms with Crippen LogP contribution in [0.1, 0.15) is 41.1 Å². The monoisotopic (exact) mass is 507 g/mol. The number of aromatic nitrogens is 1. The summed E-state index contributed by atoms with van der Waals surface area (Å²) in [4.78, 5) is 48.1. The van der Waals surface area contributed by atoms with Gasteiger partial charge in [-0.25, -0.2) is 4.98 Å². The van der Waals surface area contributed by atoms with Gasteiger partial charge in [-0.3, -0.25) is 19.3 Å². The molecule has 3 amide bonds. The number of hydrogen-bond acceptors (Lipinski definition) is 5. The van der Waals surface area contributed by atoms with Crippen molar-refractivity contribution in [3.8, 4) is 0 Å². The molecule has 2 atom stereocenters. The molecule has 2 aliphatic heterocycles. The number of carbonyl (C=O) groups excluding carboxylic acids is 3. The molecule has 1 saturated heterocycles. The van der Waals surface area contributed by atoms with E-state index in [1.54, 1.807) is 11.1 Å². The summed E-state index contributed by atoms with van der Waals surface area (Å²) >= 11 is 0. The summed E-state index contributed by atoms with van der Waals surface area (Å²) in [5.41, 5.74) is 3.68. The van der Waals surface area contributed by atoms with Gasteiger partial charge in [0.25, 0.3) is 0 Å². The lowest BCUT2D eigenvalue weighted by molar-refractivity contribution is -0.149. The van der Waals surface area contributed by atoms with Crippen LogP contribution in [0.2, 0.25) is 0 Å². The highest BCUT2D eigenvalue weighted by Gasteiger charge is 2.59. The van der Waals surface area contributed by atoms with E-state index in [0.29, 0.717) is 30.9 Å². The van der Waals surface area contributed by atoms with Crippen LogP contribution in [0.15, 0.2) is 66.9 Å². The summed E-state index contributed by atoms with van der Waals surface area (Å²) < 4.78 is 0. The summed E-state index contributed by atoms with van der Waals surface area (Å²) in [6, 6.07) is 19.4. The summed E-state index contributed by atoms with van der Waals surface area (Å²) in [6.45, 7) is 0.693. The fourth-order valence-electron chi connectivity index (χ4n) is 6.66. The van der Waals surface area contributed by atoms with Crippen molar-refractivity contribution in [2.75, 3.05) is 30.8 Å². The van der Waals surface area contributed by atoms with Crippen molar-refractivity contribution in [3.63, 3.8) is 0 Å². The largest absolute Gasteiger partial charge is 0.325 e. The number of pyridine rings is 1. The first-order valence-electron chi connectivity index (χ1n) is 13.2. The number of benzene rings is 2. The number of fused-ring (bicyclic) bond motifs is 3. The third kappa shape index (κ3) is 3.40. The van der Waals surface area contributed by atoms with Crippen LogP contribution in [0.4, 0.5) is 11.5 Å². The Morgan fingerprint density at radius 1 is 1.05 bits per heavy atom. The maximum Gasteiger partial charge on any atom is 0.244 e. The maximum absolute atomic E-state index is 13.6. The van der Waals surface area contributed by atoms with Gasteiger partial charge in [0.05, 0.1) is 11.5 Å². The topological polar surface area (TPSA) is 94.6 Å². The van der Waals surface area contributed by atoms with E-state index in [4.69, 9.17) is 0 Å². The summed E-state index contributed by atoms with van der Waals surface area (Å²) in [5, 5.41) is 5.95. The second-order valence-corrected chi connectivity index (χ2v) is 11.1. The molecule has 2 aliphatic carbocycles. The van der Waals surface area contributed by atoms with Gasteiger partial charge in [0.2, 0.25) is 17.7 Å². The van der Waals surface area contributed by atoms with E-state index in [1.807, 2.05) is 67.7 Å². The molecule has 3 heterocycles. The van der Waals surface area contributed by atoms with Gasteiger partial charge in [0, 0.05) is 24.0 Å². The third-order valence-corrected chi connectivity index (χ3v) is 8.90. The first-order chi connectivity index (χ1) is 18.4. The lowest BCUT2D eigenvalue weighted by Gasteiger charge is -2.44. The van der Waals surface area contributed by atoms with Crippen molar-refractivity contribution >= 4 is 29.2 Å². The molecule has 1 aromatic heterocycles. The molecule has 2 aromatic carbocycles. The van der Waals surface area contributed by atoms with Gasteiger partial charge in [-0.2, -0.15) is 0 Å². The lowest BCUT2D eigenvalue weighted by Crippen LogP contribution is -2.59. The Bertz CT molecular complexity index is 1480. The highest BCUT2D eigenvalue weighted by Crippen LogP contribution is 2.48.